The Balaban J connectivity index is 2.28. The molecule has 0 heterocycles. The topological polar surface area (TPSA) is 72.2 Å². The lowest BCUT2D eigenvalue weighted by molar-refractivity contribution is -0.384. The van der Waals surface area contributed by atoms with Crippen molar-refractivity contribution < 1.29 is 9.72 Å². The van der Waals surface area contributed by atoms with Crippen molar-refractivity contribution in [3.63, 3.8) is 0 Å². The predicted molar refractivity (Wildman–Crippen MR) is 84.7 cm³/mol. The number of aldehydes is 1. The molecule has 0 aliphatic heterocycles. The molecule has 2 rings (SSSR count). The Morgan fingerprint density at radius 3 is 2.48 bits per heavy atom. The van der Waals surface area contributed by atoms with Crippen LogP contribution in [-0.4, -0.2) is 11.2 Å². The largest absolute Gasteiger partial charge is 0.373 e. The van der Waals surface area contributed by atoms with Crippen molar-refractivity contribution in [3.8, 4) is 0 Å². The molecule has 0 spiro atoms. The highest BCUT2D eigenvalue weighted by molar-refractivity contribution is 9.10. The van der Waals surface area contributed by atoms with Crippen LogP contribution >= 0.6 is 15.9 Å². The highest BCUT2D eigenvalue weighted by Crippen LogP contribution is 2.29. The van der Waals surface area contributed by atoms with Gasteiger partial charge in [-0.15, -0.1) is 0 Å². The smallest absolute Gasteiger partial charge is 0.293 e. The quantitative estimate of drug-likeness (QED) is 0.495. The molecule has 108 valence electrons. The predicted octanol–water partition coefficient (Wildman–Crippen LogP) is 4.34. The summed E-state index contributed by atoms with van der Waals surface area (Å²) in [5.41, 5.74) is 1.57. The summed E-state index contributed by atoms with van der Waals surface area (Å²) in [6, 6.07) is 12.0. The zero-order valence-electron chi connectivity index (χ0n) is 11.2. The molecule has 0 saturated carbocycles. The van der Waals surface area contributed by atoms with Crippen LogP contribution in [0.4, 0.5) is 11.4 Å². The molecule has 6 heteroatoms. The molecule has 1 N–H and O–H groups in total. The molecule has 0 aliphatic rings. The van der Waals surface area contributed by atoms with E-state index in [1.54, 1.807) is 12.1 Å². The van der Waals surface area contributed by atoms with Crippen LogP contribution in [0.25, 0.3) is 0 Å². The molecular formula is C15H13BrN2O3. The third-order valence-corrected chi connectivity index (χ3v) is 3.63. The van der Waals surface area contributed by atoms with Crippen molar-refractivity contribution in [2.24, 2.45) is 0 Å². The van der Waals surface area contributed by atoms with Crippen LogP contribution in [0.3, 0.4) is 0 Å². The van der Waals surface area contributed by atoms with Gasteiger partial charge < -0.3 is 5.32 Å². The maximum atomic E-state index is 11.1. The summed E-state index contributed by atoms with van der Waals surface area (Å²) >= 11 is 3.37. The minimum absolute atomic E-state index is 0.0983. The van der Waals surface area contributed by atoms with Crippen LogP contribution in [0.2, 0.25) is 0 Å². The van der Waals surface area contributed by atoms with Gasteiger partial charge >= 0.3 is 0 Å². The zero-order chi connectivity index (χ0) is 15.4. The van der Waals surface area contributed by atoms with E-state index in [9.17, 15) is 14.9 Å². The lowest BCUT2D eigenvalue weighted by atomic mass is 10.1. The van der Waals surface area contributed by atoms with E-state index in [1.807, 2.05) is 31.2 Å². The molecule has 0 saturated heterocycles. The molecule has 2 aromatic rings. The third-order valence-electron chi connectivity index (χ3n) is 3.10. The van der Waals surface area contributed by atoms with Crippen LogP contribution in [-0.2, 0) is 0 Å². The lowest BCUT2D eigenvalue weighted by Gasteiger charge is -2.16. The Bertz CT molecular complexity index is 671. The normalized spacial score (nSPS) is 11.7. The number of carbonyl (C=O) groups excluding carboxylic acids is 1. The molecule has 21 heavy (non-hydrogen) atoms. The minimum Gasteiger partial charge on any atom is -0.373 e. The molecule has 0 amide bonds. The Morgan fingerprint density at radius 2 is 1.90 bits per heavy atom. The summed E-state index contributed by atoms with van der Waals surface area (Å²) in [5, 5.41) is 14.2. The summed E-state index contributed by atoms with van der Waals surface area (Å²) in [6.45, 7) is 1.92. The number of anilines is 1. The molecule has 0 aromatic heterocycles. The first-order valence-electron chi connectivity index (χ1n) is 6.27. The first-order chi connectivity index (χ1) is 10.0. The van der Waals surface area contributed by atoms with Crippen molar-refractivity contribution in [3.05, 3.63) is 68.2 Å². The monoisotopic (exact) mass is 348 g/mol. The van der Waals surface area contributed by atoms with Crippen molar-refractivity contribution >= 4 is 33.6 Å². The van der Waals surface area contributed by atoms with Gasteiger partial charge in [0, 0.05) is 22.1 Å². The number of carbonyl (C=O) groups is 1. The summed E-state index contributed by atoms with van der Waals surface area (Å²) in [7, 11) is 0. The Kier molecular flexibility index (Phi) is 4.70. The molecule has 0 bridgehead atoms. The zero-order valence-corrected chi connectivity index (χ0v) is 12.8. The van der Waals surface area contributed by atoms with Gasteiger partial charge in [0.25, 0.3) is 5.69 Å². The van der Waals surface area contributed by atoms with Gasteiger partial charge in [-0.25, -0.2) is 0 Å². The number of hydrogen-bond donors (Lipinski definition) is 1. The average Bonchev–Trinajstić information content (AvgIpc) is 2.48. The first-order valence-corrected chi connectivity index (χ1v) is 7.06. The lowest BCUT2D eigenvalue weighted by Crippen LogP contribution is -2.08. The molecule has 5 nitrogen and oxygen atoms in total. The number of benzene rings is 2. The van der Waals surface area contributed by atoms with Gasteiger partial charge in [0.2, 0.25) is 0 Å². The fourth-order valence-corrected chi connectivity index (χ4v) is 2.23. The maximum Gasteiger partial charge on any atom is 0.293 e. The highest BCUT2D eigenvalue weighted by Gasteiger charge is 2.16. The molecule has 1 unspecified atom stereocenters. The number of nitrogens with zero attached hydrogens (tertiary/aromatic N) is 1. The van der Waals surface area contributed by atoms with Crippen molar-refractivity contribution in [2.45, 2.75) is 13.0 Å². The second kappa shape index (κ2) is 6.49. The van der Waals surface area contributed by atoms with Crippen molar-refractivity contribution in [1.82, 2.24) is 0 Å². The SMILES string of the molecule is CC(Nc1ccc(C=O)cc1[N+](=O)[O-])c1ccc(Br)cc1. The van der Waals surface area contributed by atoms with E-state index in [4.69, 9.17) is 0 Å². The summed E-state index contributed by atoms with van der Waals surface area (Å²) in [4.78, 5) is 21.3. The third kappa shape index (κ3) is 3.66. The average molecular weight is 349 g/mol. The number of hydrogen-bond acceptors (Lipinski definition) is 4. The molecule has 0 aliphatic carbocycles. The van der Waals surface area contributed by atoms with E-state index in [2.05, 4.69) is 21.2 Å². The Labute approximate surface area is 130 Å². The van der Waals surface area contributed by atoms with E-state index in [1.165, 1.54) is 6.07 Å². The summed E-state index contributed by atoms with van der Waals surface area (Å²) < 4.78 is 0.972. The van der Waals surface area contributed by atoms with Gasteiger partial charge in [-0.1, -0.05) is 28.1 Å². The maximum absolute atomic E-state index is 11.1. The second-order valence-corrected chi connectivity index (χ2v) is 5.48. The summed E-state index contributed by atoms with van der Waals surface area (Å²) in [5.74, 6) is 0. The highest BCUT2D eigenvalue weighted by atomic mass is 79.9. The standard InChI is InChI=1S/C15H13BrN2O3/c1-10(12-3-5-13(16)6-4-12)17-14-7-2-11(9-19)8-15(14)18(20)21/h2-10,17H,1H3. The fraction of sp³-hybridized carbons (Fsp3) is 0.133. The molecular weight excluding hydrogens is 336 g/mol. The Hall–Kier alpha value is -2.21. The van der Waals surface area contributed by atoms with Gasteiger partial charge in [-0.05, 0) is 36.8 Å². The molecule has 0 radical (unpaired) electrons. The number of nitro benzene ring substituents is 1. The number of nitro groups is 1. The van der Waals surface area contributed by atoms with E-state index < -0.39 is 4.92 Å². The van der Waals surface area contributed by atoms with Crippen LogP contribution in [0.5, 0.6) is 0 Å². The molecule has 1 atom stereocenters. The van der Waals surface area contributed by atoms with E-state index in [0.29, 0.717) is 12.0 Å². The van der Waals surface area contributed by atoms with E-state index in [-0.39, 0.29) is 17.3 Å². The van der Waals surface area contributed by atoms with E-state index in [0.717, 1.165) is 10.0 Å². The van der Waals surface area contributed by atoms with Crippen LogP contribution in [0.15, 0.2) is 46.9 Å². The van der Waals surface area contributed by atoms with Crippen LogP contribution in [0, 0.1) is 10.1 Å². The second-order valence-electron chi connectivity index (χ2n) is 4.57. The van der Waals surface area contributed by atoms with Crippen LogP contribution < -0.4 is 5.32 Å². The Morgan fingerprint density at radius 1 is 1.24 bits per heavy atom. The fourth-order valence-electron chi connectivity index (χ4n) is 1.96. The number of nitrogens with one attached hydrogen (secondary N) is 1. The van der Waals surface area contributed by atoms with Gasteiger partial charge in [-0.2, -0.15) is 0 Å². The van der Waals surface area contributed by atoms with Crippen LogP contribution in [0.1, 0.15) is 28.9 Å². The van der Waals surface area contributed by atoms with Crippen molar-refractivity contribution in [2.75, 3.05) is 5.32 Å². The number of rotatable bonds is 5. The van der Waals surface area contributed by atoms with Gasteiger partial charge in [0.05, 0.1) is 4.92 Å². The van der Waals surface area contributed by atoms with Crippen molar-refractivity contribution in [1.29, 1.82) is 0 Å². The minimum atomic E-state index is -0.496. The van der Waals surface area contributed by atoms with Gasteiger partial charge in [0.15, 0.2) is 0 Å². The first kappa shape index (κ1) is 15.2. The van der Waals surface area contributed by atoms with Gasteiger partial charge in [0.1, 0.15) is 12.0 Å². The summed E-state index contributed by atoms with van der Waals surface area (Å²) in [6.07, 6.45) is 0.592. The van der Waals surface area contributed by atoms with Gasteiger partial charge in [-0.3, -0.25) is 14.9 Å². The molecule has 2 aromatic carbocycles. The van der Waals surface area contributed by atoms with E-state index >= 15 is 0 Å². The molecule has 0 fully saturated rings. The number of halogens is 1.